The van der Waals surface area contributed by atoms with Gasteiger partial charge in [-0.2, -0.15) is 0 Å². The molecule has 7 heteroatoms. The average Bonchev–Trinajstić information content (AvgIpc) is 2.46. The van der Waals surface area contributed by atoms with Crippen molar-refractivity contribution in [2.75, 3.05) is 25.5 Å². The molecular formula is C14H17N3O3S. The largest absolute Gasteiger partial charge is 0.465 e. The standard InChI is InChI=1S/C14H17N3O3S/c15-11-3-1-2-9(6-11)14-4-5-20-8-10(14)7-16-12(21-14)17-13(18)19/h1-3,6,10H,4-5,7-8,15H2,(H,16,17)(H,18,19)/t10?,14-/m1/s1. The Morgan fingerprint density at radius 3 is 3.19 bits per heavy atom. The van der Waals surface area contributed by atoms with Crippen molar-refractivity contribution in [3.63, 3.8) is 0 Å². The van der Waals surface area contributed by atoms with Crippen molar-refractivity contribution in [3.8, 4) is 0 Å². The molecule has 2 heterocycles. The number of nitrogens with one attached hydrogen (secondary N) is 1. The van der Waals surface area contributed by atoms with Gasteiger partial charge in [0.25, 0.3) is 0 Å². The molecule has 2 aliphatic rings. The lowest BCUT2D eigenvalue weighted by molar-refractivity contribution is 0.0327. The van der Waals surface area contributed by atoms with Crippen molar-refractivity contribution in [2.45, 2.75) is 11.2 Å². The predicted molar refractivity (Wildman–Crippen MR) is 82.5 cm³/mol. The van der Waals surface area contributed by atoms with Gasteiger partial charge >= 0.3 is 6.09 Å². The lowest BCUT2D eigenvalue weighted by atomic mass is 9.81. The number of amides is 1. The molecule has 6 nitrogen and oxygen atoms in total. The van der Waals surface area contributed by atoms with Gasteiger partial charge in [-0.25, -0.2) is 4.79 Å². The van der Waals surface area contributed by atoms with E-state index in [1.54, 1.807) is 0 Å². The van der Waals surface area contributed by atoms with E-state index in [1.807, 2.05) is 24.3 Å². The van der Waals surface area contributed by atoms with Gasteiger partial charge in [0, 0.05) is 24.8 Å². The minimum Gasteiger partial charge on any atom is -0.465 e. The molecule has 2 atom stereocenters. The SMILES string of the molecule is Nc1cccc([C@]23CCOCC2CN=C(NC(=O)O)S3)c1. The number of amidine groups is 1. The van der Waals surface area contributed by atoms with Crippen LogP contribution in [0.15, 0.2) is 29.3 Å². The number of thioether (sulfide) groups is 1. The van der Waals surface area contributed by atoms with Crippen LogP contribution in [0.25, 0.3) is 0 Å². The highest BCUT2D eigenvalue weighted by atomic mass is 32.2. The molecule has 1 aromatic rings. The van der Waals surface area contributed by atoms with Gasteiger partial charge in [-0.15, -0.1) is 0 Å². The van der Waals surface area contributed by atoms with E-state index in [9.17, 15) is 4.79 Å². The summed E-state index contributed by atoms with van der Waals surface area (Å²) < 4.78 is 5.35. The number of nitrogen functional groups attached to an aromatic ring is 1. The van der Waals surface area contributed by atoms with Crippen LogP contribution in [0, 0.1) is 5.92 Å². The Bertz CT molecular complexity index is 593. The highest BCUT2D eigenvalue weighted by Gasteiger charge is 2.47. The zero-order valence-corrected chi connectivity index (χ0v) is 12.2. The van der Waals surface area contributed by atoms with Crippen LogP contribution in [-0.4, -0.2) is 36.1 Å². The molecule has 1 aromatic carbocycles. The number of fused-ring (bicyclic) bond motifs is 1. The maximum Gasteiger partial charge on any atom is 0.410 e. The zero-order valence-electron chi connectivity index (χ0n) is 11.4. The fraction of sp³-hybridized carbons (Fsp3) is 0.429. The van der Waals surface area contributed by atoms with Gasteiger partial charge in [-0.1, -0.05) is 23.9 Å². The molecule has 21 heavy (non-hydrogen) atoms. The Kier molecular flexibility index (Phi) is 3.77. The van der Waals surface area contributed by atoms with Crippen LogP contribution in [-0.2, 0) is 9.48 Å². The summed E-state index contributed by atoms with van der Waals surface area (Å²) in [6.07, 6.45) is -0.277. The number of nitrogens with zero attached hydrogens (tertiary/aromatic N) is 1. The maximum absolute atomic E-state index is 10.9. The lowest BCUT2D eigenvalue weighted by Crippen LogP contribution is -2.47. The number of benzene rings is 1. The molecule has 1 saturated heterocycles. The molecule has 0 radical (unpaired) electrons. The third-order valence-electron chi connectivity index (χ3n) is 3.92. The first-order valence-corrected chi connectivity index (χ1v) is 7.59. The Hall–Kier alpha value is -1.73. The Morgan fingerprint density at radius 2 is 2.43 bits per heavy atom. The van der Waals surface area contributed by atoms with Crippen LogP contribution >= 0.6 is 11.8 Å². The number of carboxylic acid groups (broad SMARTS) is 1. The number of anilines is 1. The van der Waals surface area contributed by atoms with Crippen LogP contribution < -0.4 is 11.1 Å². The van der Waals surface area contributed by atoms with Crippen LogP contribution in [0.4, 0.5) is 10.5 Å². The number of aliphatic imine (C=N–C) groups is 1. The average molecular weight is 307 g/mol. The summed E-state index contributed by atoms with van der Waals surface area (Å²) in [5.41, 5.74) is 7.74. The summed E-state index contributed by atoms with van der Waals surface area (Å²) >= 11 is 1.48. The summed E-state index contributed by atoms with van der Waals surface area (Å²) in [5.74, 6) is 0.220. The fourth-order valence-electron chi connectivity index (χ4n) is 2.92. The highest BCUT2D eigenvalue weighted by molar-refractivity contribution is 8.14. The van der Waals surface area contributed by atoms with E-state index in [4.69, 9.17) is 15.6 Å². The molecule has 2 aliphatic heterocycles. The Labute approximate surface area is 126 Å². The minimum absolute atomic E-state index is 0.220. The first-order valence-electron chi connectivity index (χ1n) is 6.77. The van der Waals surface area contributed by atoms with Gasteiger partial charge in [0.15, 0.2) is 5.17 Å². The topological polar surface area (TPSA) is 96.9 Å². The fourth-order valence-corrected chi connectivity index (χ4v) is 4.28. The van der Waals surface area contributed by atoms with Crippen molar-refractivity contribution in [3.05, 3.63) is 29.8 Å². The summed E-state index contributed by atoms with van der Waals surface area (Å²) in [6, 6.07) is 7.80. The number of carbonyl (C=O) groups is 1. The molecule has 0 spiro atoms. The maximum atomic E-state index is 10.9. The molecule has 4 N–H and O–H groups in total. The molecule has 1 amide bonds. The molecule has 112 valence electrons. The Morgan fingerprint density at radius 1 is 1.57 bits per heavy atom. The van der Waals surface area contributed by atoms with E-state index in [0.29, 0.717) is 30.6 Å². The van der Waals surface area contributed by atoms with Crippen molar-refractivity contribution >= 4 is 28.7 Å². The quantitative estimate of drug-likeness (QED) is 0.688. The zero-order chi connectivity index (χ0) is 14.9. The van der Waals surface area contributed by atoms with Crippen molar-refractivity contribution in [2.24, 2.45) is 10.9 Å². The van der Waals surface area contributed by atoms with Gasteiger partial charge in [-0.3, -0.25) is 10.3 Å². The number of ether oxygens (including phenoxy) is 1. The summed E-state index contributed by atoms with van der Waals surface area (Å²) in [4.78, 5) is 15.2. The van der Waals surface area contributed by atoms with Crippen LogP contribution in [0.1, 0.15) is 12.0 Å². The second-order valence-electron chi connectivity index (χ2n) is 5.21. The smallest absolute Gasteiger partial charge is 0.410 e. The first kappa shape index (κ1) is 14.2. The molecule has 0 saturated carbocycles. The van der Waals surface area contributed by atoms with E-state index >= 15 is 0 Å². The first-order chi connectivity index (χ1) is 10.1. The molecule has 0 aliphatic carbocycles. The van der Waals surface area contributed by atoms with Gasteiger partial charge in [0.1, 0.15) is 0 Å². The predicted octanol–water partition coefficient (Wildman–Crippen LogP) is 1.87. The summed E-state index contributed by atoms with van der Waals surface area (Å²) in [5, 5.41) is 11.7. The number of hydrogen-bond donors (Lipinski definition) is 3. The third kappa shape index (κ3) is 2.71. The molecule has 1 fully saturated rings. The molecule has 1 unspecified atom stereocenters. The normalized spacial score (nSPS) is 28.4. The van der Waals surface area contributed by atoms with Crippen molar-refractivity contribution < 1.29 is 14.6 Å². The molecule has 0 aromatic heterocycles. The van der Waals surface area contributed by atoms with Gasteiger partial charge in [-0.05, 0) is 24.1 Å². The monoisotopic (exact) mass is 307 g/mol. The number of nitrogens with two attached hydrogens (primary N) is 1. The van der Waals surface area contributed by atoms with Crippen LogP contribution in [0.2, 0.25) is 0 Å². The molecule has 3 rings (SSSR count). The second kappa shape index (κ2) is 5.57. The van der Waals surface area contributed by atoms with Crippen molar-refractivity contribution in [1.29, 1.82) is 0 Å². The van der Waals surface area contributed by atoms with Gasteiger partial charge in [0.2, 0.25) is 0 Å². The van der Waals surface area contributed by atoms with E-state index in [1.165, 1.54) is 11.8 Å². The van der Waals surface area contributed by atoms with Gasteiger partial charge in [0.05, 0.1) is 11.4 Å². The minimum atomic E-state index is -1.09. The molecular weight excluding hydrogens is 290 g/mol. The van der Waals surface area contributed by atoms with Crippen LogP contribution in [0.3, 0.4) is 0 Å². The third-order valence-corrected chi connectivity index (χ3v) is 5.48. The molecule has 0 bridgehead atoms. The van der Waals surface area contributed by atoms with E-state index in [0.717, 1.165) is 12.0 Å². The number of rotatable bonds is 1. The number of hydrogen-bond acceptors (Lipinski definition) is 5. The van der Waals surface area contributed by atoms with Crippen molar-refractivity contribution in [1.82, 2.24) is 5.32 Å². The van der Waals surface area contributed by atoms with Gasteiger partial charge < -0.3 is 15.6 Å². The van der Waals surface area contributed by atoms with E-state index < -0.39 is 6.09 Å². The summed E-state index contributed by atoms with van der Waals surface area (Å²) in [7, 11) is 0. The summed E-state index contributed by atoms with van der Waals surface area (Å²) in [6.45, 7) is 1.84. The van der Waals surface area contributed by atoms with E-state index in [-0.39, 0.29) is 10.7 Å². The lowest BCUT2D eigenvalue weighted by Gasteiger charge is -2.45. The highest BCUT2D eigenvalue weighted by Crippen LogP contribution is 2.51. The second-order valence-corrected chi connectivity index (χ2v) is 6.53. The Balaban J connectivity index is 1.98. The van der Waals surface area contributed by atoms with Crippen LogP contribution in [0.5, 0.6) is 0 Å². The van der Waals surface area contributed by atoms with E-state index in [2.05, 4.69) is 10.3 Å².